The van der Waals surface area contributed by atoms with Crippen molar-refractivity contribution in [3.63, 3.8) is 0 Å². The van der Waals surface area contributed by atoms with Gasteiger partial charge >= 0.3 is 0 Å². The number of amides is 1. The Labute approximate surface area is 96.5 Å². The predicted octanol–water partition coefficient (Wildman–Crippen LogP) is 1.64. The van der Waals surface area contributed by atoms with E-state index in [1.165, 1.54) is 0 Å². The second kappa shape index (κ2) is 4.53. The molecule has 0 spiro atoms. The number of carbonyl (C=O) groups is 1. The molecule has 90 valence electrons. The van der Waals surface area contributed by atoms with Crippen molar-refractivity contribution < 1.29 is 9.53 Å². The average Bonchev–Trinajstić information content (AvgIpc) is 2.88. The van der Waals surface area contributed by atoms with Crippen LogP contribution in [0.2, 0.25) is 0 Å². The molecule has 0 saturated heterocycles. The fourth-order valence-electron chi connectivity index (χ4n) is 2.63. The molecule has 0 aromatic heterocycles. The molecule has 2 rings (SSSR count). The Balaban J connectivity index is 2.15. The zero-order valence-electron chi connectivity index (χ0n) is 10.1. The number of nitrogens with zero attached hydrogens (tertiary/aromatic N) is 1. The summed E-state index contributed by atoms with van der Waals surface area (Å²) >= 11 is 0. The number of aliphatic imine (C=N–C) groups is 1. The maximum Gasteiger partial charge on any atom is 0.250 e. The number of ether oxygens (including phenoxy) is 1. The van der Waals surface area contributed by atoms with Gasteiger partial charge in [0.1, 0.15) is 17.5 Å². The fraction of sp³-hybridized carbons (Fsp3) is 0.833. The van der Waals surface area contributed by atoms with Crippen molar-refractivity contribution in [2.45, 2.75) is 57.1 Å². The van der Waals surface area contributed by atoms with E-state index in [1.807, 2.05) is 0 Å². The molecule has 1 heterocycles. The van der Waals surface area contributed by atoms with Gasteiger partial charge in [-0.25, -0.2) is 0 Å². The molecule has 1 aliphatic heterocycles. The molecule has 4 heteroatoms. The normalized spacial score (nSPS) is 28.0. The van der Waals surface area contributed by atoms with E-state index in [1.54, 1.807) is 7.11 Å². The third kappa shape index (κ3) is 1.86. The van der Waals surface area contributed by atoms with E-state index in [4.69, 9.17) is 4.74 Å². The number of carbonyl (C=O) groups excluding carboxylic acids is 1. The topological polar surface area (TPSA) is 50.7 Å². The van der Waals surface area contributed by atoms with Crippen LogP contribution in [0.1, 0.15) is 45.4 Å². The molecule has 1 amide bonds. The van der Waals surface area contributed by atoms with Crippen LogP contribution in [0, 0.1) is 0 Å². The summed E-state index contributed by atoms with van der Waals surface area (Å²) in [7, 11) is 1.72. The first-order valence-corrected chi connectivity index (χ1v) is 6.16. The third-order valence-corrected chi connectivity index (χ3v) is 3.62. The molecule has 0 aromatic carbocycles. The zero-order chi connectivity index (χ0) is 11.6. The minimum absolute atomic E-state index is 0.0418. The minimum atomic E-state index is -0.307. The van der Waals surface area contributed by atoms with Crippen LogP contribution >= 0.6 is 0 Å². The number of nitrogens with one attached hydrogen (secondary N) is 1. The molecule has 1 saturated carbocycles. The number of hydrogen-bond donors (Lipinski definition) is 1. The maximum absolute atomic E-state index is 11.7. The summed E-state index contributed by atoms with van der Waals surface area (Å²) in [6, 6.07) is -0.187. The van der Waals surface area contributed by atoms with Gasteiger partial charge in [-0.2, -0.15) is 0 Å². The number of amidine groups is 1. The van der Waals surface area contributed by atoms with E-state index in [0.29, 0.717) is 0 Å². The zero-order valence-corrected chi connectivity index (χ0v) is 10.1. The van der Waals surface area contributed by atoms with Gasteiger partial charge in [-0.1, -0.05) is 13.3 Å². The van der Waals surface area contributed by atoms with Gasteiger partial charge in [0.2, 0.25) is 5.91 Å². The van der Waals surface area contributed by atoms with Gasteiger partial charge in [-0.05, 0) is 32.1 Å². The monoisotopic (exact) mass is 224 g/mol. The van der Waals surface area contributed by atoms with Gasteiger partial charge in [0.15, 0.2) is 0 Å². The molecular weight excluding hydrogens is 204 g/mol. The quantitative estimate of drug-likeness (QED) is 0.789. The fourth-order valence-corrected chi connectivity index (χ4v) is 2.63. The van der Waals surface area contributed by atoms with Crippen molar-refractivity contribution in [1.29, 1.82) is 0 Å². The van der Waals surface area contributed by atoms with Crippen molar-refractivity contribution in [3.8, 4) is 0 Å². The Morgan fingerprint density at radius 3 is 2.75 bits per heavy atom. The summed E-state index contributed by atoms with van der Waals surface area (Å²) in [5, 5.41) is 2.91. The first-order valence-electron chi connectivity index (χ1n) is 6.16. The lowest BCUT2D eigenvalue weighted by atomic mass is 10.0. The van der Waals surface area contributed by atoms with E-state index in [2.05, 4.69) is 17.2 Å². The summed E-state index contributed by atoms with van der Waals surface area (Å²) in [4.78, 5) is 16.2. The first kappa shape index (κ1) is 11.6. The first-order chi connectivity index (χ1) is 7.72. The summed E-state index contributed by atoms with van der Waals surface area (Å²) in [5.74, 6) is 0.816. The smallest absolute Gasteiger partial charge is 0.250 e. The maximum atomic E-state index is 11.7. The molecule has 1 atom stereocenters. The predicted molar refractivity (Wildman–Crippen MR) is 62.5 cm³/mol. The van der Waals surface area contributed by atoms with E-state index < -0.39 is 0 Å². The van der Waals surface area contributed by atoms with E-state index in [0.717, 1.165) is 44.4 Å². The Morgan fingerprint density at radius 2 is 2.19 bits per heavy atom. The number of rotatable bonds is 4. The molecule has 0 bridgehead atoms. The molecule has 1 aliphatic carbocycles. The summed E-state index contributed by atoms with van der Waals surface area (Å²) in [5.41, 5.74) is -0.307. The molecule has 0 aromatic rings. The van der Waals surface area contributed by atoms with Crippen LogP contribution in [0.15, 0.2) is 4.99 Å². The van der Waals surface area contributed by atoms with Crippen LogP contribution < -0.4 is 5.32 Å². The van der Waals surface area contributed by atoms with Crippen LogP contribution in [0.3, 0.4) is 0 Å². The van der Waals surface area contributed by atoms with Crippen molar-refractivity contribution in [2.75, 3.05) is 7.11 Å². The standard InChI is InChI=1S/C12H20N2O2/c1-3-6-9-10(15)14-11(13-9)12(16-2)7-4-5-8-12/h9H,3-8H2,1-2H3,(H,13,14,15). The Hall–Kier alpha value is -0.900. The molecule has 2 aliphatic rings. The minimum Gasteiger partial charge on any atom is -0.370 e. The van der Waals surface area contributed by atoms with Crippen molar-refractivity contribution >= 4 is 11.7 Å². The van der Waals surface area contributed by atoms with Crippen LogP contribution in [0.25, 0.3) is 0 Å². The van der Waals surface area contributed by atoms with Gasteiger partial charge in [-0.3, -0.25) is 9.79 Å². The Kier molecular flexibility index (Phi) is 3.28. The molecule has 1 N–H and O–H groups in total. The largest absolute Gasteiger partial charge is 0.370 e. The van der Waals surface area contributed by atoms with Crippen molar-refractivity contribution in [3.05, 3.63) is 0 Å². The molecule has 1 fully saturated rings. The van der Waals surface area contributed by atoms with Crippen LogP contribution in [-0.2, 0) is 9.53 Å². The van der Waals surface area contributed by atoms with Crippen LogP contribution in [-0.4, -0.2) is 30.5 Å². The molecule has 4 nitrogen and oxygen atoms in total. The lowest BCUT2D eigenvalue weighted by molar-refractivity contribution is -0.120. The van der Waals surface area contributed by atoms with Gasteiger partial charge in [-0.15, -0.1) is 0 Å². The second-order valence-electron chi connectivity index (χ2n) is 4.68. The van der Waals surface area contributed by atoms with Gasteiger partial charge in [0, 0.05) is 7.11 Å². The summed E-state index contributed by atoms with van der Waals surface area (Å²) in [6.07, 6.45) is 6.06. The summed E-state index contributed by atoms with van der Waals surface area (Å²) in [6.45, 7) is 2.07. The lowest BCUT2D eigenvalue weighted by Crippen LogP contribution is -2.45. The highest BCUT2D eigenvalue weighted by atomic mass is 16.5. The van der Waals surface area contributed by atoms with Crippen molar-refractivity contribution in [1.82, 2.24) is 5.32 Å². The Bertz CT molecular complexity index is 306. The highest BCUT2D eigenvalue weighted by Crippen LogP contribution is 2.34. The molecular formula is C12H20N2O2. The molecule has 16 heavy (non-hydrogen) atoms. The summed E-state index contributed by atoms with van der Waals surface area (Å²) < 4.78 is 5.61. The van der Waals surface area contributed by atoms with Crippen molar-refractivity contribution in [2.24, 2.45) is 4.99 Å². The van der Waals surface area contributed by atoms with Crippen LogP contribution in [0.5, 0.6) is 0 Å². The van der Waals surface area contributed by atoms with Gasteiger partial charge < -0.3 is 10.1 Å². The van der Waals surface area contributed by atoms with E-state index in [9.17, 15) is 4.79 Å². The second-order valence-corrected chi connectivity index (χ2v) is 4.68. The van der Waals surface area contributed by atoms with Crippen LogP contribution in [0.4, 0.5) is 0 Å². The highest BCUT2D eigenvalue weighted by Gasteiger charge is 2.43. The molecule has 1 unspecified atom stereocenters. The van der Waals surface area contributed by atoms with Gasteiger partial charge in [0.05, 0.1) is 0 Å². The Morgan fingerprint density at radius 1 is 1.50 bits per heavy atom. The van der Waals surface area contributed by atoms with E-state index >= 15 is 0 Å². The third-order valence-electron chi connectivity index (χ3n) is 3.62. The van der Waals surface area contributed by atoms with Gasteiger partial charge in [0.25, 0.3) is 0 Å². The highest BCUT2D eigenvalue weighted by molar-refractivity contribution is 6.09. The average molecular weight is 224 g/mol. The number of hydrogen-bond acceptors (Lipinski definition) is 3. The number of methoxy groups -OCH3 is 1. The van der Waals surface area contributed by atoms with E-state index in [-0.39, 0.29) is 17.6 Å². The SMILES string of the molecule is CCCC1N=C(C2(OC)CCCC2)NC1=O. The lowest BCUT2D eigenvalue weighted by Gasteiger charge is -2.26. The molecule has 0 radical (unpaired) electrons.